The highest BCUT2D eigenvalue weighted by atomic mass is 35.5. The Morgan fingerprint density at radius 3 is 2.38 bits per heavy atom. The predicted octanol–water partition coefficient (Wildman–Crippen LogP) is 7.08. The monoisotopic (exact) mass is 548 g/mol. The van der Waals surface area contributed by atoms with Crippen molar-refractivity contribution < 1.29 is 26.3 Å². The summed E-state index contributed by atoms with van der Waals surface area (Å²) in [6.07, 6.45) is -3.60. The maximum Gasteiger partial charge on any atom is 0.573 e. The van der Waals surface area contributed by atoms with E-state index in [-0.39, 0.29) is 37.5 Å². The summed E-state index contributed by atoms with van der Waals surface area (Å²) in [5.41, 5.74) is 1.57. The number of nitrogens with zero attached hydrogens (tertiary/aromatic N) is 1. The molecule has 0 bridgehead atoms. The molecule has 0 saturated heterocycles. The second-order valence-corrected chi connectivity index (χ2v) is 10.6. The van der Waals surface area contributed by atoms with Crippen molar-refractivity contribution in [2.75, 3.05) is 6.26 Å². The van der Waals surface area contributed by atoms with Gasteiger partial charge in [-0.2, -0.15) is 0 Å². The molecule has 1 heterocycles. The summed E-state index contributed by atoms with van der Waals surface area (Å²) in [5, 5.41) is 0.384. The molecule has 0 aliphatic heterocycles. The number of nitrogens with one attached hydrogen (secondary N) is 1. The molecule has 34 heavy (non-hydrogen) atoms. The average molecular weight is 550 g/mol. The van der Waals surface area contributed by atoms with Gasteiger partial charge in [0.05, 0.1) is 20.5 Å². The first-order valence-corrected chi connectivity index (χ1v) is 12.6. The van der Waals surface area contributed by atoms with Crippen LogP contribution in [-0.2, 0) is 16.3 Å². The maximum atomic E-state index is 12.9. The molecule has 0 unspecified atom stereocenters. The number of hydrogen-bond acceptors (Lipinski definition) is 4. The van der Waals surface area contributed by atoms with Crippen LogP contribution in [0.1, 0.15) is 11.4 Å². The lowest BCUT2D eigenvalue weighted by Gasteiger charge is -2.15. The fourth-order valence-corrected chi connectivity index (χ4v) is 5.09. The smallest absolute Gasteiger partial charge is 0.405 e. The third-order valence-electron chi connectivity index (χ3n) is 4.91. The molecule has 0 spiro atoms. The lowest BCUT2D eigenvalue weighted by Crippen LogP contribution is -2.17. The van der Waals surface area contributed by atoms with Crippen LogP contribution in [0.25, 0.3) is 22.2 Å². The van der Waals surface area contributed by atoms with Crippen LogP contribution in [0.2, 0.25) is 15.1 Å². The third-order valence-corrected chi connectivity index (χ3v) is 7.04. The summed E-state index contributed by atoms with van der Waals surface area (Å²) in [6.45, 7) is 0. The van der Waals surface area contributed by atoms with Crippen molar-refractivity contribution in [1.82, 2.24) is 9.97 Å². The predicted molar refractivity (Wildman–Crippen MR) is 126 cm³/mol. The molecule has 4 aromatic rings. The minimum atomic E-state index is -4.90. The van der Waals surface area contributed by atoms with Gasteiger partial charge >= 0.3 is 6.36 Å². The molecule has 0 fully saturated rings. The summed E-state index contributed by atoms with van der Waals surface area (Å²) in [5.74, 6) is -0.00870. The molecule has 12 heteroatoms. The van der Waals surface area contributed by atoms with Crippen LogP contribution in [0.5, 0.6) is 5.75 Å². The molecule has 0 saturated carbocycles. The van der Waals surface area contributed by atoms with Crippen LogP contribution in [0.15, 0.2) is 53.4 Å². The number of aromatic amines is 1. The highest BCUT2D eigenvalue weighted by Crippen LogP contribution is 2.44. The van der Waals surface area contributed by atoms with E-state index in [0.29, 0.717) is 22.4 Å². The standard InChI is InChI=1S/C22H14Cl3F3N2O3S/c1-34(31,32)12-7-6-11(14(23)9-12)8-18-29-16-10-15(24)19(20(25)21(16)30-18)13-4-2-3-5-17(13)33-22(26,27)28/h2-7,9-10H,8H2,1H3,(H,29,30). The largest absolute Gasteiger partial charge is 0.573 e. The average Bonchev–Trinajstić information content (AvgIpc) is 3.11. The van der Waals surface area contributed by atoms with Crippen molar-refractivity contribution in [3.05, 3.63) is 75.0 Å². The Morgan fingerprint density at radius 1 is 1.03 bits per heavy atom. The third kappa shape index (κ3) is 5.12. The summed E-state index contributed by atoms with van der Waals surface area (Å²) in [6, 6.07) is 11.4. The second kappa shape index (κ2) is 8.96. The van der Waals surface area contributed by atoms with Gasteiger partial charge in [0.1, 0.15) is 17.1 Å². The SMILES string of the molecule is CS(=O)(=O)c1ccc(Cc2nc3c(Cl)c(-c4ccccc4OC(F)(F)F)c(Cl)cc3[nH]2)c(Cl)c1. The molecule has 0 aliphatic carbocycles. The number of hydrogen-bond donors (Lipinski definition) is 1. The van der Waals surface area contributed by atoms with Crippen molar-refractivity contribution in [1.29, 1.82) is 0 Å². The van der Waals surface area contributed by atoms with Crippen molar-refractivity contribution in [2.45, 2.75) is 17.7 Å². The topological polar surface area (TPSA) is 72.1 Å². The first kappa shape index (κ1) is 24.7. The van der Waals surface area contributed by atoms with Crippen molar-refractivity contribution in [2.24, 2.45) is 0 Å². The first-order valence-electron chi connectivity index (χ1n) is 9.53. The number of imidazole rings is 1. The van der Waals surface area contributed by atoms with E-state index in [4.69, 9.17) is 34.8 Å². The molecule has 5 nitrogen and oxygen atoms in total. The van der Waals surface area contributed by atoms with Crippen molar-refractivity contribution in [3.8, 4) is 16.9 Å². The summed E-state index contributed by atoms with van der Waals surface area (Å²) >= 11 is 19.2. The van der Waals surface area contributed by atoms with E-state index >= 15 is 0 Å². The zero-order valence-corrected chi connectivity index (χ0v) is 20.3. The normalized spacial score (nSPS) is 12.3. The van der Waals surface area contributed by atoms with E-state index in [9.17, 15) is 21.6 Å². The Hall–Kier alpha value is -2.46. The summed E-state index contributed by atoms with van der Waals surface area (Å²) < 4.78 is 66.2. The van der Waals surface area contributed by atoms with Gasteiger partial charge in [-0.05, 0) is 29.8 Å². The molecule has 0 aliphatic rings. The summed E-state index contributed by atoms with van der Waals surface area (Å²) in [4.78, 5) is 7.61. The van der Waals surface area contributed by atoms with Gasteiger partial charge in [-0.1, -0.05) is 59.1 Å². The van der Waals surface area contributed by atoms with Crippen molar-refractivity contribution in [3.63, 3.8) is 0 Å². The highest BCUT2D eigenvalue weighted by Gasteiger charge is 2.33. The number of benzene rings is 3. The van der Waals surface area contributed by atoms with E-state index in [1.165, 1.54) is 36.4 Å². The first-order chi connectivity index (χ1) is 15.8. The molecular weight excluding hydrogens is 536 g/mol. The van der Waals surface area contributed by atoms with Crippen molar-refractivity contribution >= 4 is 55.7 Å². The minimum absolute atomic E-state index is 0.0433. The number of alkyl halides is 3. The van der Waals surface area contributed by atoms with Crippen LogP contribution in [0.4, 0.5) is 13.2 Å². The van der Waals surface area contributed by atoms with Gasteiger partial charge in [-0.25, -0.2) is 13.4 Å². The minimum Gasteiger partial charge on any atom is -0.405 e. The van der Waals surface area contributed by atoms with Gasteiger partial charge in [0.15, 0.2) is 9.84 Å². The number of ether oxygens (including phenoxy) is 1. The van der Waals surface area contributed by atoms with Crippen LogP contribution < -0.4 is 4.74 Å². The molecule has 178 valence electrons. The Morgan fingerprint density at radius 2 is 1.74 bits per heavy atom. The van der Waals surface area contributed by atoms with E-state index in [2.05, 4.69) is 14.7 Å². The number of aromatic nitrogens is 2. The number of halogens is 6. The van der Waals surface area contributed by atoms with Crippen LogP contribution >= 0.6 is 34.8 Å². The highest BCUT2D eigenvalue weighted by molar-refractivity contribution is 7.90. The van der Waals surface area contributed by atoms with Gasteiger partial charge in [0.2, 0.25) is 0 Å². The zero-order chi connectivity index (χ0) is 24.8. The fourth-order valence-electron chi connectivity index (χ4n) is 3.43. The molecule has 0 radical (unpaired) electrons. The number of H-pyrrole nitrogens is 1. The van der Waals surface area contributed by atoms with Gasteiger partial charge < -0.3 is 9.72 Å². The van der Waals surface area contributed by atoms with E-state index < -0.39 is 21.9 Å². The lowest BCUT2D eigenvalue weighted by atomic mass is 10.0. The second-order valence-electron chi connectivity index (χ2n) is 7.37. The van der Waals surface area contributed by atoms with Gasteiger partial charge in [-0.3, -0.25) is 0 Å². The van der Waals surface area contributed by atoms with Gasteiger partial charge in [0, 0.05) is 28.8 Å². The molecular formula is C22H14Cl3F3N2O3S. The Bertz CT molecular complexity index is 1520. The van der Waals surface area contributed by atoms with Crippen LogP contribution in [0, 0.1) is 0 Å². The molecule has 0 amide bonds. The van der Waals surface area contributed by atoms with Gasteiger partial charge in [-0.15, -0.1) is 13.2 Å². The van der Waals surface area contributed by atoms with Crippen LogP contribution in [0.3, 0.4) is 0 Å². The van der Waals surface area contributed by atoms with Gasteiger partial charge in [0.25, 0.3) is 0 Å². The summed E-state index contributed by atoms with van der Waals surface area (Å²) in [7, 11) is -3.41. The van der Waals surface area contributed by atoms with E-state index in [1.807, 2.05) is 0 Å². The maximum absolute atomic E-state index is 12.9. The van der Waals surface area contributed by atoms with E-state index in [1.54, 1.807) is 6.07 Å². The molecule has 3 aromatic carbocycles. The molecule has 1 aromatic heterocycles. The fraction of sp³-hybridized carbons (Fsp3) is 0.136. The van der Waals surface area contributed by atoms with E-state index in [0.717, 1.165) is 12.3 Å². The number of para-hydroxylation sites is 1. The number of sulfone groups is 1. The lowest BCUT2D eigenvalue weighted by molar-refractivity contribution is -0.274. The van der Waals surface area contributed by atoms with Crippen LogP contribution in [-0.4, -0.2) is 31.0 Å². The molecule has 1 N–H and O–H groups in total. The quantitative estimate of drug-likeness (QED) is 0.289. The number of rotatable bonds is 5. The molecule has 4 rings (SSSR count). The Balaban J connectivity index is 1.76. The molecule has 0 atom stereocenters. The Kier molecular flexibility index (Phi) is 6.50. The number of fused-ring (bicyclic) bond motifs is 1. The zero-order valence-electron chi connectivity index (χ0n) is 17.2. The Labute approximate surface area is 207 Å².